The molecule has 0 unspecified atom stereocenters. The lowest BCUT2D eigenvalue weighted by Gasteiger charge is -2.09. The van der Waals surface area contributed by atoms with Crippen LogP contribution in [-0.2, 0) is 11.0 Å². The summed E-state index contributed by atoms with van der Waals surface area (Å²) < 4.78 is 43.3. The van der Waals surface area contributed by atoms with Crippen LogP contribution in [0.4, 0.5) is 18.9 Å². The van der Waals surface area contributed by atoms with Crippen LogP contribution in [0.2, 0.25) is 0 Å². The molecule has 1 amide bonds. The SMILES string of the molecule is COc1nn([C@H](C)C(=O)N/N=C\c2ccc(C(F)(F)F)cc2)cc1[N+](=O)[O-]. The highest BCUT2D eigenvalue weighted by atomic mass is 19.4. The Balaban J connectivity index is 2.02. The minimum atomic E-state index is -4.44. The molecule has 1 heterocycles. The van der Waals surface area contributed by atoms with Gasteiger partial charge in [-0.2, -0.15) is 18.3 Å². The molecule has 0 bridgehead atoms. The van der Waals surface area contributed by atoms with Crippen molar-refractivity contribution in [1.82, 2.24) is 15.2 Å². The zero-order valence-electron chi connectivity index (χ0n) is 14.1. The van der Waals surface area contributed by atoms with Gasteiger partial charge in [-0.15, -0.1) is 5.10 Å². The molecule has 27 heavy (non-hydrogen) atoms. The Bertz CT molecular complexity index is 861. The molecule has 1 aromatic carbocycles. The summed E-state index contributed by atoms with van der Waals surface area (Å²) in [6.45, 7) is 1.43. The summed E-state index contributed by atoms with van der Waals surface area (Å²) in [6, 6.07) is 3.23. The number of nitrogens with one attached hydrogen (secondary N) is 1. The number of nitrogens with zero attached hydrogens (tertiary/aromatic N) is 4. The van der Waals surface area contributed by atoms with Gasteiger partial charge in [-0.05, 0) is 24.6 Å². The third kappa shape index (κ3) is 4.80. The number of nitro groups is 1. The Morgan fingerprint density at radius 1 is 1.41 bits per heavy atom. The van der Waals surface area contributed by atoms with Crippen molar-refractivity contribution in [2.45, 2.75) is 19.1 Å². The Labute approximate surface area is 150 Å². The molecule has 0 saturated heterocycles. The van der Waals surface area contributed by atoms with Crippen molar-refractivity contribution in [3.63, 3.8) is 0 Å². The van der Waals surface area contributed by atoms with Gasteiger partial charge in [-0.1, -0.05) is 12.1 Å². The third-order valence-corrected chi connectivity index (χ3v) is 3.47. The third-order valence-electron chi connectivity index (χ3n) is 3.47. The van der Waals surface area contributed by atoms with Crippen molar-refractivity contribution >= 4 is 17.8 Å². The van der Waals surface area contributed by atoms with E-state index in [-0.39, 0.29) is 5.88 Å². The van der Waals surface area contributed by atoms with Crippen molar-refractivity contribution in [2.75, 3.05) is 7.11 Å². The molecule has 9 nitrogen and oxygen atoms in total. The van der Waals surface area contributed by atoms with E-state index in [9.17, 15) is 28.1 Å². The summed E-state index contributed by atoms with van der Waals surface area (Å²) in [6.07, 6.45) is -2.23. The number of aromatic nitrogens is 2. The summed E-state index contributed by atoms with van der Waals surface area (Å²) >= 11 is 0. The van der Waals surface area contributed by atoms with Crippen LogP contribution in [0.25, 0.3) is 0 Å². The van der Waals surface area contributed by atoms with E-state index in [0.717, 1.165) is 29.2 Å². The van der Waals surface area contributed by atoms with E-state index in [4.69, 9.17) is 4.74 Å². The molecular formula is C15H14F3N5O4. The molecule has 0 aliphatic rings. The number of methoxy groups -OCH3 is 1. The van der Waals surface area contributed by atoms with Crippen LogP contribution in [-0.4, -0.2) is 33.9 Å². The maximum Gasteiger partial charge on any atom is 0.416 e. The monoisotopic (exact) mass is 385 g/mol. The van der Waals surface area contributed by atoms with Gasteiger partial charge in [-0.3, -0.25) is 14.9 Å². The number of amides is 1. The Kier molecular flexibility index (Phi) is 5.78. The number of hydrazone groups is 1. The molecule has 1 atom stereocenters. The molecule has 144 valence electrons. The maximum absolute atomic E-state index is 12.5. The topological polar surface area (TPSA) is 112 Å². The highest BCUT2D eigenvalue weighted by Crippen LogP contribution is 2.29. The van der Waals surface area contributed by atoms with Crippen molar-refractivity contribution in [1.29, 1.82) is 0 Å². The van der Waals surface area contributed by atoms with Gasteiger partial charge in [0.2, 0.25) is 0 Å². The average Bonchev–Trinajstić information content (AvgIpc) is 3.05. The number of rotatable bonds is 6. The molecule has 2 aromatic rings. The van der Waals surface area contributed by atoms with Crippen LogP contribution in [0.5, 0.6) is 5.88 Å². The van der Waals surface area contributed by atoms with Gasteiger partial charge in [0.05, 0.1) is 23.8 Å². The molecule has 0 spiro atoms. The molecule has 0 radical (unpaired) electrons. The average molecular weight is 385 g/mol. The van der Waals surface area contributed by atoms with Crippen molar-refractivity contribution < 1.29 is 27.6 Å². The lowest BCUT2D eigenvalue weighted by Crippen LogP contribution is -2.27. The molecule has 12 heteroatoms. The van der Waals surface area contributed by atoms with E-state index in [1.165, 1.54) is 26.2 Å². The summed E-state index contributed by atoms with van der Waals surface area (Å²) in [7, 11) is 1.21. The molecule has 0 aliphatic heterocycles. The van der Waals surface area contributed by atoms with Gasteiger partial charge in [0.25, 0.3) is 5.91 Å². The lowest BCUT2D eigenvalue weighted by atomic mass is 10.1. The summed E-state index contributed by atoms with van der Waals surface area (Å²) in [4.78, 5) is 22.2. The summed E-state index contributed by atoms with van der Waals surface area (Å²) in [5, 5.41) is 18.3. The second kappa shape index (κ2) is 7.85. The first-order valence-electron chi connectivity index (χ1n) is 7.41. The van der Waals surface area contributed by atoms with Crippen LogP contribution < -0.4 is 10.2 Å². The van der Waals surface area contributed by atoms with Gasteiger partial charge >= 0.3 is 17.7 Å². The van der Waals surface area contributed by atoms with E-state index in [1.807, 2.05) is 0 Å². The second-order valence-electron chi connectivity index (χ2n) is 5.29. The van der Waals surface area contributed by atoms with Gasteiger partial charge < -0.3 is 4.74 Å². The second-order valence-corrected chi connectivity index (χ2v) is 5.29. The van der Waals surface area contributed by atoms with E-state index in [0.29, 0.717) is 5.56 Å². The number of carbonyl (C=O) groups is 1. The summed E-state index contributed by atoms with van der Waals surface area (Å²) in [5.74, 6) is -0.883. The largest absolute Gasteiger partial charge is 0.475 e. The van der Waals surface area contributed by atoms with Gasteiger partial charge in [0.1, 0.15) is 12.2 Å². The highest BCUT2D eigenvalue weighted by molar-refractivity contribution is 5.83. The number of hydrogen-bond acceptors (Lipinski definition) is 6. The smallest absolute Gasteiger partial charge is 0.416 e. The zero-order chi connectivity index (χ0) is 20.2. The Hall–Kier alpha value is -3.44. The number of carbonyl (C=O) groups excluding carboxylic acids is 1. The van der Waals surface area contributed by atoms with Gasteiger partial charge in [-0.25, -0.2) is 10.1 Å². The predicted octanol–water partition coefficient (Wildman–Crippen LogP) is 2.53. The van der Waals surface area contributed by atoms with Crippen LogP contribution in [0.15, 0.2) is 35.6 Å². The zero-order valence-corrected chi connectivity index (χ0v) is 14.1. The maximum atomic E-state index is 12.5. The number of ether oxygens (including phenoxy) is 1. The minimum Gasteiger partial charge on any atom is -0.475 e. The number of benzene rings is 1. The van der Waals surface area contributed by atoms with Crippen LogP contribution in [0.1, 0.15) is 24.1 Å². The standard InChI is InChI=1S/C15H14F3N5O4/c1-9(22-8-12(23(25)26)14(21-22)27-2)13(24)20-19-7-10-3-5-11(6-4-10)15(16,17)18/h3-9H,1-2H3,(H,20,24)/b19-7-/t9-/m1/s1. The van der Waals surface area contributed by atoms with Crippen LogP contribution in [0, 0.1) is 10.1 Å². The predicted molar refractivity (Wildman–Crippen MR) is 87.3 cm³/mol. The Morgan fingerprint density at radius 2 is 2.04 bits per heavy atom. The lowest BCUT2D eigenvalue weighted by molar-refractivity contribution is -0.385. The van der Waals surface area contributed by atoms with Crippen molar-refractivity contribution in [2.24, 2.45) is 5.10 Å². The highest BCUT2D eigenvalue weighted by Gasteiger charge is 2.29. The number of alkyl halides is 3. The fourth-order valence-electron chi connectivity index (χ4n) is 1.98. The molecule has 0 saturated carbocycles. The van der Waals surface area contributed by atoms with E-state index in [2.05, 4.69) is 15.6 Å². The Morgan fingerprint density at radius 3 is 2.52 bits per heavy atom. The van der Waals surface area contributed by atoms with E-state index in [1.54, 1.807) is 0 Å². The first kappa shape index (κ1) is 19.9. The number of halogens is 3. The normalized spacial score (nSPS) is 12.8. The van der Waals surface area contributed by atoms with Crippen molar-refractivity contribution in [3.05, 3.63) is 51.7 Å². The van der Waals surface area contributed by atoms with Crippen LogP contribution >= 0.6 is 0 Å². The van der Waals surface area contributed by atoms with E-state index < -0.39 is 34.3 Å². The summed E-state index contributed by atoms with van der Waals surface area (Å²) in [5.41, 5.74) is 1.33. The molecular weight excluding hydrogens is 371 g/mol. The molecule has 2 rings (SSSR count). The number of hydrogen-bond donors (Lipinski definition) is 1. The minimum absolute atomic E-state index is 0.243. The first-order valence-corrected chi connectivity index (χ1v) is 7.41. The van der Waals surface area contributed by atoms with Crippen LogP contribution in [0.3, 0.4) is 0 Å². The van der Waals surface area contributed by atoms with Gasteiger partial charge in [0, 0.05) is 0 Å². The molecule has 1 aromatic heterocycles. The molecule has 1 N–H and O–H groups in total. The quantitative estimate of drug-likeness (QED) is 0.467. The van der Waals surface area contributed by atoms with E-state index >= 15 is 0 Å². The van der Waals surface area contributed by atoms with Gasteiger partial charge in [0.15, 0.2) is 0 Å². The van der Waals surface area contributed by atoms with Crippen molar-refractivity contribution in [3.8, 4) is 5.88 Å². The first-order chi connectivity index (χ1) is 12.6. The fourth-order valence-corrected chi connectivity index (χ4v) is 1.98. The fraction of sp³-hybridized carbons (Fsp3) is 0.267. The molecule has 0 fully saturated rings. The molecule has 0 aliphatic carbocycles.